The molecule has 21 heavy (non-hydrogen) atoms. The molecule has 0 aliphatic carbocycles. The highest BCUT2D eigenvalue weighted by Gasteiger charge is 2.18. The smallest absolute Gasteiger partial charge is 0.161 e. The van der Waals surface area contributed by atoms with Crippen LogP contribution in [-0.2, 0) is 0 Å². The maximum Gasteiger partial charge on any atom is 0.161 e. The van der Waals surface area contributed by atoms with Crippen molar-refractivity contribution in [2.45, 2.75) is 5.25 Å². The summed E-state index contributed by atoms with van der Waals surface area (Å²) in [6.45, 7) is 0.910. The molecule has 0 saturated heterocycles. The highest BCUT2D eigenvalue weighted by Crippen LogP contribution is 2.31. The van der Waals surface area contributed by atoms with Gasteiger partial charge in [-0.05, 0) is 24.3 Å². The zero-order valence-electron chi connectivity index (χ0n) is 11.2. The number of benzene rings is 2. The molecule has 5 heteroatoms. The number of furan rings is 1. The molecule has 2 heterocycles. The second-order valence-corrected chi connectivity index (χ2v) is 7.14. The molecule has 0 bridgehead atoms. The van der Waals surface area contributed by atoms with E-state index < -0.39 is 0 Å². The fraction of sp³-hybridized carbons (Fsp3) is 0.188. The van der Waals surface area contributed by atoms with Gasteiger partial charge >= 0.3 is 0 Å². The summed E-state index contributed by atoms with van der Waals surface area (Å²) in [4.78, 5) is 4.55. The van der Waals surface area contributed by atoms with Crippen LogP contribution < -0.4 is 5.32 Å². The number of nitrogens with one attached hydrogen (secondary N) is 1. The second kappa shape index (κ2) is 5.53. The standard InChI is InChI=1S/C16H13IN2OS/c17-8-11-9-18-16(21-11)19-10-5-6-15-13(7-10)12-3-1-2-4-14(12)20-15/h1-7,11H,8-9H2,(H,18,19). The number of anilines is 1. The Balaban J connectivity index is 1.69. The lowest BCUT2D eigenvalue weighted by molar-refractivity contribution is 0.669. The monoisotopic (exact) mass is 408 g/mol. The van der Waals surface area contributed by atoms with Crippen LogP contribution in [0.3, 0.4) is 0 Å². The van der Waals surface area contributed by atoms with Gasteiger partial charge in [-0.3, -0.25) is 4.99 Å². The lowest BCUT2D eigenvalue weighted by Crippen LogP contribution is -2.08. The van der Waals surface area contributed by atoms with Gasteiger partial charge in [-0.15, -0.1) is 0 Å². The first-order chi connectivity index (χ1) is 10.3. The molecule has 0 fully saturated rings. The fourth-order valence-electron chi connectivity index (χ4n) is 2.49. The number of nitrogens with zero attached hydrogens (tertiary/aromatic N) is 1. The maximum absolute atomic E-state index is 5.85. The molecule has 3 aromatic rings. The predicted molar refractivity (Wildman–Crippen MR) is 99.9 cm³/mol. The van der Waals surface area contributed by atoms with Gasteiger partial charge in [0.1, 0.15) is 11.2 Å². The summed E-state index contributed by atoms with van der Waals surface area (Å²) in [5, 5.41) is 7.34. The van der Waals surface area contributed by atoms with Crippen molar-refractivity contribution in [3.63, 3.8) is 0 Å². The minimum Gasteiger partial charge on any atom is -0.456 e. The van der Waals surface area contributed by atoms with Crippen molar-refractivity contribution in [1.29, 1.82) is 0 Å². The summed E-state index contributed by atoms with van der Waals surface area (Å²) < 4.78 is 6.98. The van der Waals surface area contributed by atoms with Crippen LogP contribution in [0.25, 0.3) is 21.9 Å². The number of fused-ring (bicyclic) bond motifs is 3. The van der Waals surface area contributed by atoms with Crippen LogP contribution in [0.1, 0.15) is 0 Å². The lowest BCUT2D eigenvalue weighted by Gasteiger charge is -2.06. The molecule has 0 saturated carbocycles. The molecule has 1 N–H and O–H groups in total. The maximum atomic E-state index is 5.85. The molecule has 3 nitrogen and oxygen atoms in total. The van der Waals surface area contributed by atoms with E-state index in [4.69, 9.17) is 4.42 Å². The third-order valence-corrected chi connectivity index (χ3v) is 6.28. The van der Waals surface area contributed by atoms with Gasteiger partial charge in [0.05, 0.1) is 6.54 Å². The number of hydrogen-bond acceptors (Lipinski definition) is 4. The molecule has 1 atom stereocenters. The van der Waals surface area contributed by atoms with Crippen molar-refractivity contribution >= 4 is 67.1 Å². The molecule has 2 aromatic carbocycles. The summed E-state index contributed by atoms with van der Waals surface area (Å²) >= 11 is 4.24. The summed E-state index contributed by atoms with van der Waals surface area (Å²) in [5.74, 6) is 0. The molecule has 106 valence electrons. The van der Waals surface area contributed by atoms with Crippen molar-refractivity contribution < 1.29 is 4.42 Å². The predicted octanol–water partition coefficient (Wildman–Crippen LogP) is 4.90. The van der Waals surface area contributed by atoms with Crippen molar-refractivity contribution in [2.75, 3.05) is 16.3 Å². The van der Waals surface area contributed by atoms with Gasteiger partial charge in [0, 0.05) is 26.1 Å². The Morgan fingerprint density at radius 3 is 2.90 bits per heavy atom. The Bertz CT molecular complexity index is 843. The minimum atomic E-state index is 0.603. The van der Waals surface area contributed by atoms with E-state index >= 15 is 0 Å². The highest BCUT2D eigenvalue weighted by molar-refractivity contribution is 14.1. The Labute approximate surface area is 140 Å². The summed E-state index contributed by atoms with van der Waals surface area (Å²) in [6.07, 6.45) is 0. The van der Waals surface area contributed by atoms with E-state index in [2.05, 4.69) is 45.0 Å². The normalized spacial score (nSPS) is 18.3. The van der Waals surface area contributed by atoms with E-state index in [1.165, 1.54) is 0 Å². The quantitative estimate of drug-likeness (QED) is 0.484. The molecular weight excluding hydrogens is 395 g/mol. The largest absolute Gasteiger partial charge is 0.456 e. The summed E-state index contributed by atoms with van der Waals surface area (Å²) in [6, 6.07) is 14.3. The third-order valence-electron chi connectivity index (χ3n) is 3.52. The van der Waals surface area contributed by atoms with Gasteiger partial charge in [-0.1, -0.05) is 52.6 Å². The number of para-hydroxylation sites is 1. The van der Waals surface area contributed by atoms with Crippen LogP contribution in [0.5, 0.6) is 0 Å². The van der Waals surface area contributed by atoms with Crippen molar-refractivity contribution in [3.8, 4) is 0 Å². The Morgan fingerprint density at radius 1 is 1.19 bits per heavy atom. The zero-order valence-corrected chi connectivity index (χ0v) is 14.1. The Morgan fingerprint density at radius 2 is 2.05 bits per heavy atom. The van der Waals surface area contributed by atoms with Crippen LogP contribution in [-0.4, -0.2) is 21.4 Å². The van der Waals surface area contributed by atoms with Gasteiger partial charge in [-0.2, -0.15) is 0 Å². The number of rotatable bonds is 2. The molecule has 0 spiro atoms. The van der Waals surface area contributed by atoms with E-state index in [0.717, 1.165) is 43.8 Å². The minimum absolute atomic E-state index is 0.603. The van der Waals surface area contributed by atoms with E-state index in [0.29, 0.717) is 5.25 Å². The number of hydrogen-bond donors (Lipinski definition) is 1. The topological polar surface area (TPSA) is 37.5 Å². The molecule has 0 amide bonds. The molecule has 0 radical (unpaired) electrons. The van der Waals surface area contributed by atoms with Crippen LogP contribution >= 0.6 is 34.4 Å². The average molecular weight is 408 g/mol. The first kappa shape index (κ1) is 13.5. The van der Waals surface area contributed by atoms with Gasteiger partial charge < -0.3 is 9.73 Å². The first-order valence-corrected chi connectivity index (χ1v) is 9.19. The molecule has 4 rings (SSSR count). The zero-order chi connectivity index (χ0) is 14.2. The van der Waals surface area contributed by atoms with Gasteiger partial charge in [0.25, 0.3) is 0 Å². The van der Waals surface area contributed by atoms with E-state index in [9.17, 15) is 0 Å². The van der Waals surface area contributed by atoms with Gasteiger partial charge in [-0.25, -0.2) is 0 Å². The Hall–Kier alpha value is -1.21. The number of aliphatic imine (C=N–C) groups is 1. The van der Waals surface area contributed by atoms with Crippen LogP contribution in [0.15, 0.2) is 51.9 Å². The highest BCUT2D eigenvalue weighted by atomic mass is 127. The van der Waals surface area contributed by atoms with Crippen LogP contribution in [0.4, 0.5) is 5.69 Å². The van der Waals surface area contributed by atoms with Crippen molar-refractivity contribution in [1.82, 2.24) is 0 Å². The third kappa shape index (κ3) is 2.53. The van der Waals surface area contributed by atoms with E-state index in [-0.39, 0.29) is 0 Å². The Kier molecular flexibility index (Phi) is 3.54. The molecule has 1 aliphatic heterocycles. The number of halogens is 1. The average Bonchev–Trinajstić information content (AvgIpc) is 3.11. The number of thioether (sulfide) groups is 1. The number of alkyl halides is 1. The molecular formula is C16H13IN2OS. The first-order valence-electron chi connectivity index (χ1n) is 6.79. The van der Waals surface area contributed by atoms with Gasteiger partial charge in [0.15, 0.2) is 5.17 Å². The molecule has 1 aromatic heterocycles. The van der Waals surface area contributed by atoms with Gasteiger partial charge in [0.2, 0.25) is 0 Å². The molecule has 1 aliphatic rings. The van der Waals surface area contributed by atoms with Crippen LogP contribution in [0, 0.1) is 0 Å². The molecule has 1 unspecified atom stereocenters. The van der Waals surface area contributed by atoms with Crippen molar-refractivity contribution in [2.24, 2.45) is 4.99 Å². The fourth-order valence-corrected chi connectivity index (χ4v) is 4.17. The van der Waals surface area contributed by atoms with Crippen molar-refractivity contribution in [3.05, 3.63) is 42.5 Å². The lowest BCUT2D eigenvalue weighted by atomic mass is 10.1. The number of amidine groups is 1. The summed E-state index contributed by atoms with van der Waals surface area (Å²) in [5.41, 5.74) is 2.92. The van der Waals surface area contributed by atoms with E-state index in [1.807, 2.05) is 42.1 Å². The van der Waals surface area contributed by atoms with Crippen LogP contribution in [0.2, 0.25) is 0 Å². The second-order valence-electron chi connectivity index (χ2n) is 4.97. The summed E-state index contributed by atoms with van der Waals surface area (Å²) in [7, 11) is 0. The SMILES string of the molecule is ICC1CN=C(Nc2ccc3oc4ccccc4c3c2)S1. The van der Waals surface area contributed by atoms with E-state index in [1.54, 1.807) is 0 Å².